The molecular formula is C14H16N2O6S. The molecule has 2 rings (SSSR count). The highest BCUT2D eigenvalue weighted by Gasteiger charge is 2.22. The zero-order chi connectivity index (χ0) is 16.8. The molecule has 0 aliphatic carbocycles. The molecule has 0 bridgehead atoms. The number of amides is 1. The number of nitro groups is 1. The van der Waals surface area contributed by atoms with E-state index in [0.717, 1.165) is 11.8 Å². The van der Waals surface area contributed by atoms with Crippen molar-refractivity contribution < 1.29 is 24.4 Å². The van der Waals surface area contributed by atoms with Crippen molar-refractivity contribution in [2.24, 2.45) is 0 Å². The summed E-state index contributed by atoms with van der Waals surface area (Å²) >= 11 is 1.09. The first-order chi connectivity index (χ1) is 11.0. The maximum atomic E-state index is 12.4. The molecule has 0 spiro atoms. The van der Waals surface area contributed by atoms with E-state index in [0.29, 0.717) is 31.2 Å². The minimum atomic E-state index is -0.959. The van der Waals surface area contributed by atoms with Crippen molar-refractivity contribution >= 4 is 29.3 Å². The second-order valence-corrected chi connectivity index (χ2v) is 5.97. The van der Waals surface area contributed by atoms with Gasteiger partial charge in [-0.2, -0.15) is 0 Å². The largest absolute Gasteiger partial charge is 0.481 e. The summed E-state index contributed by atoms with van der Waals surface area (Å²) in [5, 5.41) is 19.8. The Morgan fingerprint density at radius 3 is 2.65 bits per heavy atom. The third kappa shape index (κ3) is 4.67. The number of nitro benzene ring substituents is 1. The Morgan fingerprint density at radius 1 is 1.35 bits per heavy atom. The van der Waals surface area contributed by atoms with Crippen molar-refractivity contribution in [3.63, 3.8) is 0 Å². The summed E-state index contributed by atoms with van der Waals surface area (Å²) < 4.78 is 5.18. The molecule has 0 unspecified atom stereocenters. The number of carbonyl (C=O) groups excluding carboxylic acids is 1. The van der Waals surface area contributed by atoms with Crippen LogP contribution in [-0.2, 0) is 9.53 Å². The van der Waals surface area contributed by atoms with Crippen LogP contribution in [0.1, 0.15) is 16.8 Å². The number of hydrogen-bond acceptors (Lipinski definition) is 6. The van der Waals surface area contributed by atoms with Gasteiger partial charge < -0.3 is 14.7 Å². The fraction of sp³-hybridized carbons (Fsp3) is 0.429. The van der Waals surface area contributed by atoms with Gasteiger partial charge in [-0.1, -0.05) is 0 Å². The maximum Gasteiger partial charge on any atom is 0.304 e. The Bertz CT molecular complexity index is 615. The minimum absolute atomic E-state index is 0.0870. The summed E-state index contributed by atoms with van der Waals surface area (Å²) in [5.41, 5.74) is 0.0701. The molecule has 23 heavy (non-hydrogen) atoms. The highest BCUT2D eigenvalue weighted by Crippen LogP contribution is 2.31. The van der Waals surface area contributed by atoms with Crippen LogP contribution in [0.3, 0.4) is 0 Å². The lowest BCUT2D eigenvalue weighted by molar-refractivity contribution is -0.387. The van der Waals surface area contributed by atoms with Crippen LogP contribution in [0.5, 0.6) is 0 Å². The molecule has 8 nitrogen and oxygen atoms in total. The number of carbonyl (C=O) groups is 2. The molecule has 1 aromatic rings. The number of thioether (sulfide) groups is 1. The van der Waals surface area contributed by atoms with E-state index < -0.39 is 10.9 Å². The van der Waals surface area contributed by atoms with Gasteiger partial charge in [0.25, 0.3) is 11.6 Å². The summed E-state index contributed by atoms with van der Waals surface area (Å²) in [6.45, 7) is 1.83. The summed E-state index contributed by atoms with van der Waals surface area (Å²) in [7, 11) is 0. The van der Waals surface area contributed by atoms with Gasteiger partial charge in [0.05, 0.1) is 29.5 Å². The third-order valence-electron chi connectivity index (χ3n) is 3.27. The quantitative estimate of drug-likeness (QED) is 0.476. The van der Waals surface area contributed by atoms with Crippen molar-refractivity contribution in [3.05, 3.63) is 33.9 Å². The van der Waals surface area contributed by atoms with E-state index in [-0.39, 0.29) is 29.3 Å². The zero-order valence-electron chi connectivity index (χ0n) is 12.3. The van der Waals surface area contributed by atoms with E-state index in [1.54, 1.807) is 4.90 Å². The van der Waals surface area contributed by atoms with Crippen LogP contribution >= 0.6 is 11.8 Å². The predicted molar refractivity (Wildman–Crippen MR) is 82.8 cm³/mol. The Kier molecular flexibility index (Phi) is 5.94. The van der Waals surface area contributed by atoms with Crippen LogP contribution in [0.4, 0.5) is 5.69 Å². The molecule has 1 saturated heterocycles. The van der Waals surface area contributed by atoms with Gasteiger partial charge in [-0.25, -0.2) is 0 Å². The molecule has 1 N–H and O–H groups in total. The lowest BCUT2D eigenvalue weighted by Crippen LogP contribution is -2.40. The molecule has 0 saturated carbocycles. The molecule has 1 aromatic carbocycles. The van der Waals surface area contributed by atoms with Crippen LogP contribution in [0.25, 0.3) is 0 Å². The summed E-state index contributed by atoms with van der Waals surface area (Å²) in [4.78, 5) is 35.5. The average molecular weight is 340 g/mol. The van der Waals surface area contributed by atoms with Crippen molar-refractivity contribution in [3.8, 4) is 0 Å². The highest BCUT2D eigenvalue weighted by atomic mass is 32.2. The van der Waals surface area contributed by atoms with Gasteiger partial charge in [-0.05, 0) is 12.1 Å². The number of nitrogens with zero attached hydrogens (tertiary/aromatic N) is 2. The Balaban J connectivity index is 2.16. The topological polar surface area (TPSA) is 110 Å². The van der Waals surface area contributed by atoms with Crippen LogP contribution in [0.15, 0.2) is 23.1 Å². The molecule has 0 atom stereocenters. The fourth-order valence-electron chi connectivity index (χ4n) is 2.11. The van der Waals surface area contributed by atoms with Gasteiger partial charge in [-0.15, -0.1) is 11.8 Å². The molecule has 1 fully saturated rings. The van der Waals surface area contributed by atoms with Gasteiger partial charge in [0.15, 0.2) is 0 Å². The summed E-state index contributed by atoms with van der Waals surface area (Å²) in [5.74, 6) is -0.995. The number of rotatable bonds is 6. The molecule has 1 aliphatic heterocycles. The normalized spacial score (nSPS) is 14.5. The van der Waals surface area contributed by atoms with E-state index in [1.165, 1.54) is 18.2 Å². The van der Waals surface area contributed by atoms with E-state index in [2.05, 4.69) is 0 Å². The SMILES string of the molecule is O=C(O)CCSc1ccc(C(=O)N2CCOCC2)cc1[N+](=O)[O-]. The molecule has 124 valence electrons. The Hall–Kier alpha value is -2.13. The van der Waals surface area contributed by atoms with Gasteiger partial charge in [0.2, 0.25) is 0 Å². The molecule has 0 aromatic heterocycles. The number of hydrogen-bond donors (Lipinski definition) is 1. The van der Waals surface area contributed by atoms with E-state index in [4.69, 9.17) is 9.84 Å². The standard InChI is InChI=1S/C14H16N2O6S/c17-13(18)3-8-23-12-2-1-10(9-11(12)16(20)21)14(19)15-4-6-22-7-5-15/h1-2,9H,3-8H2,(H,17,18). The highest BCUT2D eigenvalue weighted by molar-refractivity contribution is 7.99. The lowest BCUT2D eigenvalue weighted by atomic mass is 10.1. The lowest BCUT2D eigenvalue weighted by Gasteiger charge is -2.26. The second-order valence-electron chi connectivity index (χ2n) is 4.84. The number of morpholine rings is 1. The van der Waals surface area contributed by atoms with Crippen molar-refractivity contribution in [2.75, 3.05) is 32.1 Å². The van der Waals surface area contributed by atoms with Crippen LogP contribution in [0.2, 0.25) is 0 Å². The average Bonchev–Trinajstić information content (AvgIpc) is 2.54. The first-order valence-electron chi connectivity index (χ1n) is 6.99. The number of carboxylic acid groups (broad SMARTS) is 1. The Labute approximate surface area is 136 Å². The molecule has 1 aliphatic rings. The smallest absolute Gasteiger partial charge is 0.304 e. The first-order valence-corrected chi connectivity index (χ1v) is 7.97. The van der Waals surface area contributed by atoms with Gasteiger partial charge in [0.1, 0.15) is 0 Å². The molecule has 1 heterocycles. The monoisotopic (exact) mass is 340 g/mol. The van der Waals surface area contributed by atoms with Crippen LogP contribution < -0.4 is 0 Å². The number of carboxylic acids is 1. The van der Waals surface area contributed by atoms with Crippen molar-refractivity contribution in [1.29, 1.82) is 0 Å². The second kappa shape index (κ2) is 7.93. The van der Waals surface area contributed by atoms with Crippen LogP contribution in [0, 0.1) is 10.1 Å². The summed E-state index contributed by atoms with van der Waals surface area (Å²) in [6, 6.07) is 4.28. The molecular weight excluding hydrogens is 324 g/mol. The maximum absolute atomic E-state index is 12.4. The van der Waals surface area contributed by atoms with Gasteiger partial charge in [0, 0.05) is 30.5 Å². The van der Waals surface area contributed by atoms with E-state index >= 15 is 0 Å². The van der Waals surface area contributed by atoms with Gasteiger partial charge in [-0.3, -0.25) is 19.7 Å². The minimum Gasteiger partial charge on any atom is -0.481 e. The molecule has 9 heteroatoms. The summed E-state index contributed by atoms with van der Waals surface area (Å²) in [6.07, 6.45) is -0.0870. The van der Waals surface area contributed by atoms with E-state index in [9.17, 15) is 19.7 Å². The first kappa shape index (κ1) is 17.2. The van der Waals surface area contributed by atoms with Crippen molar-refractivity contribution in [1.82, 2.24) is 4.90 Å². The predicted octanol–water partition coefficient (Wildman–Crippen LogP) is 1.63. The third-order valence-corrected chi connectivity index (χ3v) is 4.34. The number of ether oxygens (including phenoxy) is 1. The van der Waals surface area contributed by atoms with Gasteiger partial charge >= 0.3 is 5.97 Å². The number of aliphatic carboxylic acids is 1. The molecule has 0 radical (unpaired) electrons. The van der Waals surface area contributed by atoms with Crippen molar-refractivity contribution in [2.45, 2.75) is 11.3 Å². The van der Waals surface area contributed by atoms with E-state index in [1.807, 2.05) is 0 Å². The zero-order valence-corrected chi connectivity index (χ0v) is 13.1. The Morgan fingerprint density at radius 2 is 2.04 bits per heavy atom. The number of benzene rings is 1. The fourth-order valence-corrected chi connectivity index (χ4v) is 3.05. The molecule has 1 amide bonds. The van der Waals surface area contributed by atoms with Crippen LogP contribution in [-0.4, -0.2) is 58.9 Å².